The van der Waals surface area contributed by atoms with Crippen LogP contribution in [-0.2, 0) is 23.5 Å². The first-order valence-electron chi connectivity index (χ1n) is 10.1. The predicted octanol–water partition coefficient (Wildman–Crippen LogP) is 4.40. The number of hydrogen-bond donors (Lipinski definition) is 1. The second kappa shape index (κ2) is 9.70. The maximum absolute atomic E-state index is 14.6. The highest BCUT2D eigenvalue weighted by molar-refractivity contribution is 5.61. The van der Waals surface area contributed by atoms with Crippen LogP contribution in [0.25, 0.3) is 11.3 Å². The molecule has 0 fully saturated rings. The molecule has 190 valence electrons. The Morgan fingerprint density at radius 2 is 1.67 bits per heavy atom. The van der Waals surface area contributed by atoms with Gasteiger partial charge in [-0.2, -0.15) is 5.10 Å². The lowest BCUT2D eigenvalue weighted by molar-refractivity contribution is -0.126. The molecule has 1 N–H and O–H groups in total. The van der Waals surface area contributed by atoms with Crippen LogP contribution >= 0.6 is 0 Å². The first-order valence-corrected chi connectivity index (χ1v) is 10.1. The van der Waals surface area contributed by atoms with Gasteiger partial charge in [-0.25, -0.2) is 40.4 Å². The van der Waals surface area contributed by atoms with Crippen LogP contribution in [0.1, 0.15) is 18.2 Å². The third-order valence-corrected chi connectivity index (χ3v) is 5.44. The Morgan fingerprint density at radius 3 is 2.28 bits per heavy atom. The number of benzene rings is 2. The molecule has 0 aliphatic rings. The summed E-state index contributed by atoms with van der Waals surface area (Å²) < 4.78 is 108. The standard InChI is InChI=1S/C22H15F7N4O3/c1-10(22(34,7-33-9-30-8-31-33)13-3-2-11(23)4-14(13)24)35-6-12-5-15(32-36-12)16-17(25)19(27)21(29)20(28)18(16)26/h2-5,8-10,34H,6-7H2,1H3/t10-,22-/m1/s1. The highest BCUT2D eigenvalue weighted by Crippen LogP contribution is 2.34. The van der Waals surface area contributed by atoms with Crippen LogP contribution < -0.4 is 0 Å². The zero-order valence-corrected chi connectivity index (χ0v) is 18.2. The van der Waals surface area contributed by atoms with Gasteiger partial charge in [0.15, 0.2) is 29.0 Å². The maximum Gasteiger partial charge on any atom is 0.200 e. The van der Waals surface area contributed by atoms with E-state index in [-0.39, 0.29) is 17.9 Å². The molecule has 0 aliphatic carbocycles. The number of halogens is 7. The molecule has 0 amide bonds. The van der Waals surface area contributed by atoms with Crippen molar-refractivity contribution in [3.8, 4) is 11.3 Å². The van der Waals surface area contributed by atoms with E-state index >= 15 is 0 Å². The molecule has 0 unspecified atom stereocenters. The van der Waals surface area contributed by atoms with Gasteiger partial charge in [-0.1, -0.05) is 11.2 Å². The molecular weight excluding hydrogens is 501 g/mol. The van der Waals surface area contributed by atoms with Gasteiger partial charge >= 0.3 is 0 Å². The van der Waals surface area contributed by atoms with E-state index in [1.54, 1.807) is 0 Å². The van der Waals surface area contributed by atoms with Gasteiger partial charge in [0.1, 0.15) is 42.2 Å². The first kappa shape index (κ1) is 25.3. The molecule has 7 nitrogen and oxygen atoms in total. The fourth-order valence-corrected chi connectivity index (χ4v) is 3.51. The number of nitrogens with zero attached hydrogens (tertiary/aromatic N) is 4. The van der Waals surface area contributed by atoms with E-state index in [1.807, 2.05) is 0 Å². The lowest BCUT2D eigenvalue weighted by Gasteiger charge is -2.34. The van der Waals surface area contributed by atoms with Crippen molar-refractivity contribution in [3.05, 3.63) is 89.0 Å². The lowest BCUT2D eigenvalue weighted by Crippen LogP contribution is -2.44. The molecule has 2 heterocycles. The summed E-state index contributed by atoms with van der Waals surface area (Å²) >= 11 is 0. The molecule has 14 heteroatoms. The first-order chi connectivity index (χ1) is 17.0. The van der Waals surface area contributed by atoms with Crippen molar-refractivity contribution in [1.82, 2.24) is 19.9 Å². The minimum atomic E-state index is -2.32. The van der Waals surface area contributed by atoms with Crippen LogP contribution in [0.4, 0.5) is 30.7 Å². The van der Waals surface area contributed by atoms with Crippen LogP contribution in [0, 0.1) is 40.7 Å². The summed E-state index contributed by atoms with van der Waals surface area (Å²) in [5, 5.41) is 18.6. The van der Waals surface area contributed by atoms with Crippen molar-refractivity contribution in [3.63, 3.8) is 0 Å². The molecule has 0 saturated heterocycles. The maximum atomic E-state index is 14.6. The molecule has 2 aromatic carbocycles. The number of ether oxygens (including phenoxy) is 1. The van der Waals surface area contributed by atoms with Crippen molar-refractivity contribution in [2.45, 2.75) is 31.8 Å². The van der Waals surface area contributed by atoms with E-state index < -0.39 is 70.3 Å². The second-order valence-corrected chi connectivity index (χ2v) is 7.72. The fourth-order valence-electron chi connectivity index (χ4n) is 3.51. The Labute approximate surface area is 197 Å². The van der Waals surface area contributed by atoms with Gasteiger partial charge in [-0.05, 0) is 13.0 Å². The molecule has 2 aromatic heterocycles. The summed E-state index contributed by atoms with van der Waals surface area (Å²) in [6.45, 7) is 0.454. The van der Waals surface area contributed by atoms with E-state index in [9.17, 15) is 35.8 Å². The normalized spacial score (nSPS) is 14.1. The summed E-state index contributed by atoms with van der Waals surface area (Å²) in [4.78, 5) is 3.74. The zero-order valence-electron chi connectivity index (χ0n) is 18.2. The average molecular weight is 516 g/mol. The Kier molecular flexibility index (Phi) is 6.82. The van der Waals surface area contributed by atoms with Crippen LogP contribution in [0.2, 0.25) is 0 Å². The van der Waals surface area contributed by atoms with Crippen molar-refractivity contribution in [2.24, 2.45) is 0 Å². The van der Waals surface area contributed by atoms with Crippen molar-refractivity contribution < 1.29 is 45.1 Å². The van der Waals surface area contributed by atoms with E-state index in [1.165, 1.54) is 24.3 Å². The van der Waals surface area contributed by atoms with Crippen LogP contribution in [0.5, 0.6) is 0 Å². The molecule has 0 spiro atoms. The third kappa shape index (κ3) is 4.56. The van der Waals surface area contributed by atoms with Gasteiger partial charge in [0.05, 0.1) is 18.2 Å². The van der Waals surface area contributed by atoms with Gasteiger partial charge < -0.3 is 14.4 Å². The average Bonchev–Trinajstić information content (AvgIpc) is 3.52. The molecule has 4 rings (SSSR count). The summed E-state index contributed by atoms with van der Waals surface area (Å²) in [7, 11) is 0. The summed E-state index contributed by atoms with van der Waals surface area (Å²) in [6, 6.07) is 3.41. The number of aliphatic hydroxyl groups is 1. The van der Waals surface area contributed by atoms with Gasteiger partial charge in [-0.3, -0.25) is 0 Å². The Bertz CT molecular complexity index is 1370. The molecule has 2 atom stereocenters. The van der Waals surface area contributed by atoms with E-state index in [0.29, 0.717) is 6.07 Å². The Morgan fingerprint density at radius 1 is 1.00 bits per heavy atom. The lowest BCUT2D eigenvalue weighted by atomic mass is 9.88. The van der Waals surface area contributed by atoms with Gasteiger partial charge in [0.2, 0.25) is 5.82 Å². The molecule has 0 bridgehead atoms. The highest BCUT2D eigenvalue weighted by atomic mass is 19.2. The quantitative estimate of drug-likeness (QED) is 0.212. The summed E-state index contributed by atoms with van der Waals surface area (Å²) in [5.41, 5.74) is -4.45. The number of rotatable bonds is 8. The van der Waals surface area contributed by atoms with E-state index in [4.69, 9.17) is 9.26 Å². The monoisotopic (exact) mass is 516 g/mol. The van der Waals surface area contributed by atoms with Crippen LogP contribution in [-0.4, -0.2) is 31.1 Å². The van der Waals surface area contributed by atoms with Crippen molar-refractivity contribution in [1.29, 1.82) is 0 Å². The van der Waals surface area contributed by atoms with E-state index in [2.05, 4.69) is 15.2 Å². The summed E-state index contributed by atoms with van der Waals surface area (Å²) in [5.74, 6) is -13.0. The predicted molar refractivity (Wildman–Crippen MR) is 106 cm³/mol. The Hall–Kier alpha value is -3.78. The highest BCUT2D eigenvalue weighted by Gasteiger charge is 2.40. The fraction of sp³-hybridized carbons (Fsp3) is 0.227. The number of hydrogen-bond acceptors (Lipinski definition) is 6. The summed E-state index contributed by atoms with van der Waals surface area (Å²) in [6.07, 6.45) is 1.17. The number of aromatic nitrogens is 4. The van der Waals surface area contributed by atoms with Crippen molar-refractivity contribution >= 4 is 0 Å². The molecule has 0 saturated carbocycles. The smallest absolute Gasteiger partial charge is 0.200 e. The molecular formula is C22H15F7N4O3. The zero-order chi connectivity index (χ0) is 26.2. The van der Waals surface area contributed by atoms with Crippen LogP contribution in [0.3, 0.4) is 0 Å². The molecule has 4 aromatic rings. The van der Waals surface area contributed by atoms with Crippen molar-refractivity contribution in [2.75, 3.05) is 0 Å². The second-order valence-electron chi connectivity index (χ2n) is 7.72. The van der Waals surface area contributed by atoms with Crippen LogP contribution in [0.15, 0.2) is 41.4 Å². The SMILES string of the molecule is C[C@@H](OCc1cc(-c2c(F)c(F)c(F)c(F)c2F)no1)[C@](O)(Cn1cncn1)c1ccc(F)cc1F. The minimum absolute atomic E-state index is 0.219. The third-order valence-electron chi connectivity index (χ3n) is 5.44. The van der Waals surface area contributed by atoms with Gasteiger partial charge in [-0.15, -0.1) is 0 Å². The Balaban J connectivity index is 1.59. The largest absolute Gasteiger partial charge is 0.380 e. The molecule has 0 radical (unpaired) electrons. The van der Waals surface area contributed by atoms with Gasteiger partial charge in [0, 0.05) is 17.7 Å². The molecule has 0 aliphatic heterocycles. The topological polar surface area (TPSA) is 86.2 Å². The molecule has 36 heavy (non-hydrogen) atoms. The van der Waals surface area contributed by atoms with Gasteiger partial charge in [0.25, 0.3) is 0 Å². The minimum Gasteiger partial charge on any atom is -0.380 e. The van der Waals surface area contributed by atoms with E-state index in [0.717, 1.165) is 18.2 Å².